The van der Waals surface area contributed by atoms with E-state index >= 15 is 0 Å². The van der Waals surface area contributed by atoms with Crippen molar-refractivity contribution < 1.29 is 18.3 Å². The van der Waals surface area contributed by atoms with Crippen molar-refractivity contribution in [3.05, 3.63) is 47.5 Å². The maximum atomic E-state index is 12.5. The third-order valence-electron chi connectivity index (χ3n) is 3.83. The Bertz CT molecular complexity index is 663. The average molecular weight is 322 g/mol. The van der Waals surface area contributed by atoms with Gasteiger partial charge in [-0.1, -0.05) is 0 Å². The van der Waals surface area contributed by atoms with Crippen molar-refractivity contribution in [1.82, 2.24) is 20.5 Å². The normalized spacial score (nSPS) is 20.8. The molecule has 1 amide bonds. The monoisotopic (exact) mass is 322 g/mol. The lowest BCUT2D eigenvalue weighted by molar-refractivity contribution is 0.0920. The lowest BCUT2D eigenvalue weighted by atomic mass is 9.95. The highest BCUT2D eigenvalue weighted by atomic mass is 19.3. The summed E-state index contributed by atoms with van der Waals surface area (Å²) in [5.74, 6) is -0.363. The quantitative estimate of drug-likeness (QED) is 0.878. The van der Waals surface area contributed by atoms with Crippen LogP contribution in [0.2, 0.25) is 0 Å². The third-order valence-corrected chi connectivity index (χ3v) is 3.83. The van der Waals surface area contributed by atoms with Crippen LogP contribution in [0, 0.1) is 5.92 Å². The van der Waals surface area contributed by atoms with Gasteiger partial charge in [-0.2, -0.15) is 5.10 Å². The molecule has 0 radical (unpaired) electrons. The van der Waals surface area contributed by atoms with E-state index in [1.54, 1.807) is 12.4 Å². The second-order valence-corrected chi connectivity index (χ2v) is 5.45. The molecule has 1 aliphatic heterocycles. The van der Waals surface area contributed by atoms with Crippen LogP contribution in [-0.2, 0) is 11.2 Å². The summed E-state index contributed by atoms with van der Waals surface area (Å²) in [6.45, 7) is 0.934. The first-order valence-electron chi connectivity index (χ1n) is 7.24. The van der Waals surface area contributed by atoms with E-state index in [0.29, 0.717) is 13.2 Å². The maximum absolute atomic E-state index is 12.5. The fourth-order valence-electron chi connectivity index (χ4n) is 2.59. The van der Waals surface area contributed by atoms with Crippen LogP contribution in [0.15, 0.2) is 30.6 Å². The number of nitrogens with zero attached hydrogens (tertiary/aromatic N) is 2. The molecular formula is C15H16F2N4O2. The molecule has 0 spiro atoms. The Morgan fingerprint density at radius 3 is 2.87 bits per heavy atom. The Kier molecular flexibility index (Phi) is 4.61. The predicted octanol–water partition coefficient (Wildman–Crippen LogP) is 1.73. The van der Waals surface area contributed by atoms with E-state index in [9.17, 15) is 13.6 Å². The van der Waals surface area contributed by atoms with Gasteiger partial charge in [0.15, 0.2) is 0 Å². The number of H-pyrrole nitrogens is 1. The molecule has 2 aromatic heterocycles. The molecule has 8 heteroatoms. The van der Waals surface area contributed by atoms with Gasteiger partial charge in [0.25, 0.3) is 12.3 Å². The van der Waals surface area contributed by atoms with Crippen molar-refractivity contribution in [3.8, 4) is 0 Å². The van der Waals surface area contributed by atoms with E-state index in [4.69, 9.17) is 4.74 Å². The number of hydrogen-bond donors (Lipinski definition) is 2. The molecule has 0 saturated carbocycles. The highest BCUT2D eigenvalue weighted by molar-refractivity contribution is 5.92. The zero-order chi connectivity index (χ0) is 16.2. The molecule has 1 saturated heterocycles. The number of nitrogens with one attached hydrogen (secondary N) is 2. The minimum Gasteiger partial charge on any atom is -0.379 e. The number of alkyl halides is 2. The van der Waals surface area contributed by atoms with Gasteiger partial charge < -0.3 is 10.1 Å². The van der Waals surface area contributed by atoms with Crippen LogP contribution in [0.25, 0.3) is 0 Å². The van der Waals surface area contributed by atoms with E-state index in [-0.39, 0.29) is 23.3 Å². The van der Waals surface area contributed by atoms with Gasteiger partial charge in [0.1, 0.15) is 11.4 Å². The first kappa shape index (κ1) is 15.5. The summed E-state index contributed by atoms with van der Waals surface area (Å²) in [6.07, 6.45) is 1.50. The standard InChI is InChI=1S/C15H16F2N4O2/c16-14(17)11-6-12(21-20-11)15(22)19-13-8-23-7-10(13)5-9-1-3-18-4-2-9/h1-4,6,10,13-14H,5,7-8H2,(H,19,22)(H,20,21)/t10-,13+/m1/s1. The zero-order valence-electron chi connectivity index (χ0n) is 12.2. The first-order valence-corrected chi connectivity index (χ1v) is 7.24. The van der Waals surface area contributed by atoms with Gasteiger partial charge in [-0.3, -0.25) is 14.9 Å². The molecule has 3 heterocycles. The molecule has 1 fully saturated rings. The summed E-state index contributed by atoms with van der Waals surface area (Å²) in [5, 5.41) is 8.60. The van der Waals surface area contributed by atoms with Gasteiger partial charge in [0, 0.05) is 18.3 Å². The second kappa shape index (κ2) is 6.82. The topological polar surface area (TPSA) is 79.9 Å². The minimum absolute atomic E-state index is 0.0464. The third kappa shape index (κ3) is 3.70. The molecule has 3 rings (SSSR count). The maximum Gasteiger partial charge on any atom is 0.279 e. The Morgan fingerprint density at radius 2 is 2.17 bits per heavy atom. The highest BCUT2D eigenvalue weighted by Crippen LogP contribution is 2.20. The van der Waals surface area contributed by atoms with Gasteiger partial charge in [-0.05, 0) is 30.2 Å². The Labute approximate surface area is 131 Å². The summed E-state index contributed by atoms with van der Waals surface area (Å²) >= 11 is 0. The van der Waals surface area contributed by atoms with Crippen LogP contribution >= 0.6 is 0 Å². The molecule has 6 nitrogen and oxygen atoms in total. The van der Waals surface area contributed by atoms with Crippen LogP contribution in [0.3, 0.4) is 0 Å². The van der Waals surface area contributed by atoms with Crippen LogP contribution in [0.1, 0.15) is 28.2 Å². The SMILES string of the molecule is O=C(N[C@H]1COC[C@H]1Cc1ccncc1)c1cc(C(F)F)[nH]n1. The number of carbonyl (C=O) groups excluding carboxylic acids is 1. The first-order chi connectivity index (χ1) is 11.1. The molecule has 2 N–H and O–H groups in total. The number of hydrogen-bond acceptors (Lipinski definition) is 4. The number of aromatic nitrogens is 3. The van der Waals surface area contributed by atoms with Crippen LogP contribution in [0.4, 0.5) is 8.78 Å². The van der Waals surface area contributed by atoms with E-state index in [1.807, 2.05) is 12.1 Å². The lowest BCUT2D eigenvalue weighted by Crippen LogP contribution is -2.40. The number of aromatic amines is 1. The molecule has 2 aromatic rings. The molecule has 0 bridgehead atoms. The van der Waals surface area contributed by atoms with Crippen molar-refractivity contribution in [2.75, 3.05) is 13.2 Å². The van der Waals surface area contributed by atoms with E-state index in [2.05, 4.69) is 20.5 Å². The Balaban J connectivity index is 1.62. The summed E-state index contributed by atoms with van der Waals surface area (Å²) in [4.78, 5) is 16.1. The van der Waals surface area contributed by atoms with Gasteiger partial charge in [-0.25, -0.2) is 8.78 Å². The van der Waals surface area contributed by atoms with Crippen molar-refractivity contribution >= 4 is 5.91 Å². The van der Waals surface area contributed by atoms with Crippen molar-refractivity contribution in [2.24, 2.45) is 5.92 Å². The Morgan fingerprint density at radius 1 is 1.39 bits per heavy atom. The van der Waals surface area contributed by atoms with Gasteiger partial charge in [-0.15, -0.1) is 0 Å². The molecule has 0 unspecified atom stereocenters. The van der Waals surface area contributed by atoms with E-state index in [0.717, 1.165) is 18.1 Å². The van der Waals surface area contributed by atoms with Crippen LogP contribution in [-0.4, -0.2) is 40.3 Å². The average Bonchev–Trinajstić information content (AvgIpc) is 3.18. The fourth-order valence-corrected chi connectivity index (χ4v) is 2.59. The fraction of sp³-hybridized carbons (Fsp3) is 0.400. The number of halogens is 2. The van der Waals surface area contributed by atoms with Gasteiger partial charge >= 0.3 is 0 Å². The molecule has 2 atom stereocenters. The van der Waals surface area contributed by atoms with Crippen molar-refractivity contribution in [3.63, 3.8) is 0 Å². The minimum atomic E-state index is -2.68. The number of pyridine rings is 1. The lowest BCUT2D eigenvalue weighted by Gasteiger charge is -2.18. The van der Waals surface area contributed by atoms with Crippen molar-refractivity contribution in [2.45, 2.75) is 18.9 Å². The number of amides is 1. The smallest absolute Gasteiger partial charge is 0.279 e. The van der Waals surface area contributed by atoms with Crippen LogP contribution in [0.5, 0.6) is 0 Å². The summed E-state index contributed by atoms with van der Waals surface area (Å²) in [6, 6.07) is 4.72. The highest BCUT2D eigenvalue weighted by Gasteiger charge is 2.30. The van der Waals surface area contributed by atoms with Crippen LogP contribution < -0.4 is 5.32 Å². The largest absolute Gasteiger partial charge is 0.379 e. The molecule has 0 aromatic carbocycles. The molecule has 23 heavy (non-hydrogen) atoms. The summed E-state index contributed by atoms with van der Waals surface area (Å²) in [5.41, 5.74) is 0.690. The van der Waals surface area contributed by atoms with Gasteiger partial charge in [0.05, 0.1) is 19.3 Å². The molecule has 0 aliphatic carbocycles. The summed E-state index contributed by atoms with van der Waals surface area (Å²) in [7, 11) is 0. The molecular weight excluding hydrogens is 306 g/mol. The number of carbonyl (C=O) groups is 1. The zero-order valence-corrected chi connectivity index (χ0v) is 12.2. The van der Waals surface area contributed by atoms with E-state index < -0.39 is 12.3 Å². The predicted molar refractivity (Wildman–Crippen MR) is 77.0 cm³/mol. The molecule has 1 aliphatic rings. The summed E-state index contributed by atoms with van der Waals surface area (Å²) < 4.78 is 30.5. The second-order valence-electron chi connectivity index (χ2n) is 5.45. The Hall–Kier alpha value is -2.35. The van der Waals surface area contributed by atoms with E-state index in [1.165, 1.54) is 0 Å². The number of ether oxygens (including phenoxy) is 1. The number of rotatable bonds is 5. The van der Waals surface area contributed by atoms with Gasteiger partial charge in [0.2, 0.25) is 0 Å². The molecule has 122 valence electrons. The van der Waals surface area contributed by atoms with Crippen molar-refractivity contribution in [1.29, 1.82) is 0 Å².